The van der Waals surface area contributed by atoms with Gasteiger partial charge in [-0.25, -0.2) is 0 Å². The maximum absolute atomic E-state index is 6.08. The molecule has 102 valence electrons. The summed E-state index contributed by atoms with van der Waals surface area (Å²) in [4.78, 5) is 0. The molecule has 0 unspecified atom stereocenters. The van der Waals surface area contributed by atoms with Crippen molar-refractivity contribution in [1.82, 2.24) is 0 Å². The zero-order chi connectivity index (χ0) is 13.9. The second-order valence-corrected chi connectivity index (χ2v) is 4.75. The maximum Gasteiger partial charge on any atom is 0.153 e. The van der Waals surface area contributed by atoms with Crippen LogP contribution in [0.5, 0.6) is 11.5 Å². The lowest BCUT2D eigenvalue weighted by atomic mass is 10.2. The normalized spacial score (nSPS) is 10.7. The molecule has 0 bridgehead atoms. The van der Waals surface area contributed by atoms with E-state index in [0.29, 0.717) is 17.2 Å². The third-order valence-corrected chi connectivity index (χ3v) is 3.27. The third kappa shape index (κ3) is 2.58. The van der Waals surface area contributed by atoms with E-state index in [9.17, 15) is 0 Å². The Morgan fingerprint density at radius 1 is 1.05 bits per heavy atom. The summed E-state index contributed by atoms with van der Waals surface area (Å²) in [6.07, 6.45) is 0. The molecule has 0 atom stereocenters. The van der Waals surface area contributed by atoms with Crippen molar-refractivity contribution in [3.05, 3.63) is 59.3 Å². The van der Waals surface area contributed by atoms with Crippen molar-refractivity contribution in [2.75, 3.05) is 7.11 Å². The van der Waals surface area contributed by atoms with E-state index in [4.69, 9.17) is 25.5 Å². The predicted molar refractivity (Wildman–Crippen MR) is 78.6 cm³/mol. The summed E-state index contributed by atoms with van der Waals surface area (Å²) in [7, 11) is 1.63. The summed E-state index contributed by atoms with van der Waals surface area (Å²) >= 11 is 6.08. The molecule has 0 radical (unpaired) electrons. The first-order valence-electron chi connectivity index (χ1n) is 6.20. The standard InChI is InChI=1S/C16H13ClO3/c1-18-12-5-3-6-13(9-12)19-10-14-8-11-4-2-7-15(17)16(11)20-14/h2-9H,10H2,1H3. The Morgan fingerprint density at radius 3 is 2.65 bits per heavy atom. The van der Waals surface area contributed by atoms with Crippen molar-refractivity contribution in [1.29, 1.82) is 0 Å². The molecule has 0 saturated heterocycles. The van der Waals surface area contributed by atoms with Crippen LogP contribution < -0.4 is 9.47 Å². The van der Waals surface area contributed by atoms with Crippen molar-refractivity contribution < 1.29 is 13.9 Å². The van der Waals surface area contributed by atoms with E-state index < -0.39 is 0 Å². The van der Waals surface area contributed by atoms with Gasteiger partial charge in [0.05, 0.1) is 12.1 Å². The van der Waals surface area contributed by atoms with Crippen molar-refractivity contribution >= 4 is 22.6 Å². The first-order valence-corrected chi connectivity index (χ1v) is 6.58. The van der Waals surface area contributed by atoms with E-state index >= 15 is 0 Å². The van der Waals surface area contributed by atoms with E-state index in [1.165, 1.54) is 0 Å². The summed E-state index contributed by atoms with van der Waals surface area (Å²) in [5.74, 6) is 2.22. The van der Waals surface area contributed by atoms with Crippen LogP contribution in [0.15, 0.2) is 52.9 Å². The Hall–Kier alpha value is -2.13. The number of furan rings is 1. The molecule has 0 aliphatic heterocycles. The zero-order valence-electron chi connectivity index (χ0n) is 10.9. The van der Waals surface area contributed by atoms with E-state index in [-0.39, 0.29) is 0 Å². The second kappa shape index (κ2) is 5.47. The van der Waals surface area contributed by atoms with E-state index in [1.54, 1.807) is 13.2 Å². The van der Waals surface area contributed by atoms with Crippen LogP contribution in [0.25, 0.3) is 11.0 Å². The van der Waals surface area contributed by atoms with Crippen LogP contribution in [-0.2, 0) is 6.61 Å². The summed E-state index contributed by atoms with van der Waals surface area (Å²) in [6.45, 7) is 0.345. The van der Waals surface area contributed by atoms with E-state index in [2.05, 4.69) is 0 Å². The Kier molecular flexibility index (Phi) is 3.52. The minimum Gasteiger partial charge on any atom is -0.497 e. The number of hydrogen-bond donors (Lipinski definition) is 0. The number of hydrogen-bond acceptors (Lipinski definition) is 3. The van der Waals surface area contributed by atoms with Gasteiger partial charge in [0.15, 0.2) is 5.58 Å². The molecule has 3 rings (SSSR count). The Labute approximate surface area is 121 Å². The molecule has 0 N–H and O–H groups in total. The van der Waals surface area contributed by atoms with Crippen molar-refractivity contribution in [2.24, 2.45) is 0 Å². The number of fused-ring (bicyclic) bond motifs is 1. The Bertz CT molecular complexity index is 733. The number of rotatable bonds is 4. The number of halogens is 1. The van der Waals surface area contributed by atoms with Gasteiger partial charge in [-0.2, -0.15) is 0 Å². The van der Waals surface area contributed by atoms with Gasteiger partial charge in [-0.15, -0.1) is 0 Å². The maximum atomic E-state index is 6.08. The average Bonchev–Trinajstić information content (AvgIpc) is 2.90. The van der Waals surface area contributed by atoms with Crippen LogP contribution in [0.3, 0.4) is 0 Å². The number of benzene rings is 2. The molecule has 0 amide bonds. The van der Waals surface area contributed by atoms with Crippen LogP contribution in [-0.4, -0.2) is 7.11 Å². The summed E-state index contributed by atoms with van der Waals surface area (Å²) < 4.78 is 16.5. The van der Waals surface area contributed by atoms with E-state index in [0.717, 1.165) is 22.6 Å². The summed E-state index contributed by atoms with van der Waals surface area (Å²) in [5.41, 5.74) is 0.693. The molecule has 1 aromatic heterocycles. The molecule has 0 aliphatic carbocycles. The van der Waals surface area contributed by atoms with Gasteiger partial charge in [0.1, 0.15) is 23.9 Å². The van der Waals surface area contributed by atoms with Gasteiger partial charge in [0.25, 0.3) is 0 Å². The fourth-order valence-corrected chi connectivity index (χ4v) is 2.22. The lowest BCUT2D eigenvalue weighted by Gasteiger charge is -2.05. The van der Waals surface area contributed by atoms with Crippen LogP contribution in [0.4, 0.5) is 0 Å². The van der Waals surface area contributed by atoms with Gasteiger partial charge >= 0.3 is 0 Å². The SMILES string of the molecule is COc1cccc(OCc2cc3cccc(Cl)c3o2)c1. The first kappa shape index (κ1) is 12.9. The van der Waals surface area contributed by atoms with Crippen molar-refractivity contribution in [3.8, 4) is 11.5 Å². The molecule has 3 nitrogen and oxygen atoms in total. The van der Waals surface area contributed by atoms with Gasteiger partial charge in [-0.05, 0) is 24.3 Å². The first-order chi connectivity index (χ1) is 9.76. The molecule has 20 heavy (non-hydrogen) atoms. The van der Waals surface area contributed by atoms with Crippen LogP contribution in [0.1, 0.15) is 5.76 Å². The third-order valence-electron chi connectivity index (χ3n) is 2.97. The Morgan fingerprint density at radius 2 is 1.85 bits per heavy atom. The molecular weight excluding hydrogens is 276 g/mol. The lowest BCUT2D eigenvalue weighted by molar-refractivity contribution is 0.273. The predicted octanol–water partition coefficient (Wildman–Crippen LogP) is 4.67. The highest BCUT2D eigenvalue weighted by atomic mass is 35.5. The van der Waals surface area contributed by atoms with Gasteiger partial charge in [0.2, 0.25) is 0 Å². The minimum absolute atomic E-state index is 0.345. The molecular formula is C16H13ClO3. The highest BCUT2D eigenvalue weighted by Gasteiger charge is 2.07. The second-order valence-electron chi connectivity index (χ2n) is 4.34. The number of methoxy groups -OCH3 is 1. The molecule has 0 aliphatic rings. The average molecular weight is 289 g/mol. The van der Waals surface area contributed by atoms with Crippen molar-refractivity contribution in [2.45, 2.75) is 6.61 Å². The topological polar surface area (TPSA) is 31.6 Å². The molecule has 2 aromatic carbocycles. The van der Waals surface area contributed by atoms with Crippen LogP contribution >= 0.6 is 11.6 Å². The van der Waals surface area contributed by atoms with Gasteiger partial charge in [0, 0.05) is 11.5 Å². The molecule has 0 spiro atoms. The molecule has 1 heterocycles. The smallest absolute Gasteiger partial charge is 0.153 e. The molecule has 4 heteroatoms. The number of para-hydroxylation sites is 1. The summed E-state index contributed by atoms with van der Waals surface area (Å²) in [6, 6.07) is 15.0. The Balaban J connectivity index is 1.78. The van der Waals surface area contributed by atoms with Crippen molar-refractivity contribution in [3.63, 3.8) is 0 Å². The molecule has 0 fully saturated rings. The molecule has 0 saturated carbocycles. The molecule has 3 aromatic rings. The van der Waals surface area contributed by atoms with Gasteiger partial charge < -0.3 is 13.9 Å². The monoisotopic (exact) mass is 288 g/mol. The summed E-state index contributed by atoms with van der Waals surface area (Å²) in [5, 5.41) is 1.58. The minimum atomic E-state index is 0.345. The van der Waals surface area contributed by atoms with E-state index in [1.807, 2.05) is 42.5 Å². The highest BCUT2D eigenvalue weighted by molar-refractivity contribution is 6.34. The number of ether oxygens (including phenoxy) is 2. The quantitative estimate of drug-likeness (QED) is 0.699. The van der Waals surface area contributed by atoms with Gasteiger partial charge in [-0.1, -0.05) is 29.8 Å². The largest absolute Gasteiger partial charge is 0.497 e. The lowest BCUT2D eigenvalue weighted by Crippen LogP contribution is -1.93. The zero-order valence-corrected chi connectivity index (χ0v) is 11.7. The van der Waals surface area contributed by atoms with Crippen LogP contribution in [0, 0.1) is 0 Å². The van der Waals surface area contributed by atoms with Crippen LogP contribution in [0.2, 0.25) is 5.02 Å². The van der Waals surface area contributed by atoms with Gasteiger partial charge in [-0.3, -0.25) is 0 Å². The highest BCUT2D eigenvalue weighted by Crippen LogP contribution is 2.27. The fourth-order valence-electron chi connectivity index (χ4n) is 2.00. The fraction of sp³-hybridized carbons (Fsp3) is 0.125.